The van der Waals surface area contributed by atoms with Crippen LogP contribution in [0.25, 0.3) is 0 Å². The predicted molar refractivity (Wildman–Crippen MR) is 95.9 cm³/mol. The highest BCUT2D eigenvalue weighted by Gasteiger charge is 2.22. The summed E-state index contributed by atoms with van der Waals surface area (Å²) in [4.78, 5) is 0. The number of phenols is 1. The lowest BCUT2D eigenvalue weighted by molar-refractivity contribution is 0.134. The van der Waals surface area contributed by atoms with Crippen LogP contribution >= 0.6 is 0 Å². The molecule has 0 aromatic heterocycles. The predicted octanol–water partition coefficient (Wildman–Crippen LogP) is 5.62. The maximum absolute atomic E-state index is 9.51. The topological polar surface area (TPSA) is 29.5 Å². The Bertz CT molecular complexity index is 572. The Hall–Kier alpha value is -1.80. The molecular formula is C21H28O2. The highest BCUT2D eigenvalue weighted by molar-refractivity contribution is 5.33. The fourth-order valence-electron chi connectivity index (χ4n) is 3.31. The Kier molecular flexibility index (Phi) is 6.66. The zero-order chi connectivity index (χ0) is 16.7. The molecule has 0 amide bonds. The van der Waals surface area contributed by atoms with Crippen LogP contribution in [0.15, 0.2) is 48.5 Å². The fraction of sp³-hybridized carbons (Fsp3) is 0.429. The molecule has 2 aromatic carbocycles. The maximum Gasteiger partial charge on any atom is 0.115 e. The molecule has 0 aliphatic rings. The summed E-state index contributed by atoms with van der Waals surface area (Å²) >= 11 is 0. The van der Waals surface area contributed by atoms with Gasteiger partial charge in [-0.25, -0.2) is 0 Å². The van der Waals surface area contributed by atoms with E-state index in [1.807, 2.05) is 6.92 Å². The van der Waals surface area contributed by atoms with Gasteiger partial charge >= 0.3 is 0 Å². The van der Waals surface area contributed by atoms with E-state index in [1.54, 1.807) is 12.1 Å². The van der Waals surface area contributed by atoms with Crippen molar-refractivity contribution in [2.45, 2.75) is 52.1 Å². The van der Waals surface area contributed by atoms with Crippen LogP contribution in [-0.2, 0) is 11.3 Å². The second-order valence-electron chi connectivity index (χ2n) is 6.00. The minimum Gasteiger partial charge on any atom is -0.508 e. The summed E-state index contributed by atoms with van der Waals surface area (Å²) in [5.74, 6) is 1.29. The lowest BCUT2D eigenvalue weighted by Crippen LogP contribution is -2.10. The van der Waals surface area contributed by atoms with Crippen molar-refractivity contribution in [3.05, 3.63) is 65.2 Å². The zero-order valence-corrected chi connectivity index (χ0v) is 14.5. The Morgan fingerprint density at radius 2 is 1.26 bits per heavy atom. The van der Waals surface area contributed by atoms with E-state index in [1.165, 1.54) is 16.7 Å². The van der Waals surface area contributed by atoms with E-state index in [0.717, 1.165) is 19.4 Å². The van der Waals surface area contributed by atoms with Crippen LogP contribution in [0.2, 0.25) is 0 Å². The molecule has 0 aliphatic carbocycles. The van der Waals surface area contributed by atoms with E-state index < -0.39 is 0 Å². The molecule has 0 spiro atoms. The van der Waals surface area contributed by atoms with Gasteiger partial charge in [0.25, 0.3) is 0 Å². The van der Waals surface area contributed by atoms with Crippen LogP contribution in [0.1, 0.15) is 62.1 Å². The number of benzene rings is 2. The number of ether oxygens (including phenoxy) is 1. The van der Waals surface area contributed by atoms with Crippen molar-refractivity contribution in [1.82, 2.24) is 0 Å². The third-order valence-corrected chi connectivity index (χ3v) is 4.57. The largest absolute Gasteiger partial charge is 0.508 e. The monoisotopic (exact) mass is 312 g/mol. The van der Waals surface area contributed by atoms with Gasteiger partial charge in [0, 0.05) is 6.61 Å². The number of aromatic hydroxyl groups is 1. The maximum atomic E-state index is 9.51. The van der Waals surface area contributed by atoms with E-state index in [2.05, 4.69) is 50.2 Å². The molecule has 2 rings (SSSR count). The summed E-state index contributed by atoms with van der Waals surface area (Å²) in [6.45, 7) is 7.94. The Labute approximate surface area is 140 Å². The first-order valence-electron chi connectivity index (χ1n) is 8.65. The standard InChI is InChI=1S/C21H28O2/c1-4-20(17-9-7-16(8-10-17)15-23-6-3)21(5-2)18-11-13-19(22)14-12-18/h7-14,20-22H,4-6,15H2,1-3H3/t20-,21+/m0/s1. The van der Waals surface area contributed by atoms with Crippen LogP contribution in [-0.4, -0.2) is 11.7 Å². The van der Waals surface area contributed by atoms with Crippen LogP contribution in [0, 0.1) is 0 Å². The van der Waals surface area contributed by atoms with Crippen LogP contribution < -0.4 is 0 Å². The van der Waals surface area contributed by atoms with Crippen molar-refractivity contribution in [1.29, 1.82) is 0 Å². The zero-order valence-electron chi connectivity index (χ0n) is 14.5. The molecule has 0 saturated heterocycles. The molecule has 1 N–H and O–H groups in total. The molecule has 23 heavy (non-hydrogen) atoms. The summed E-state index contributed by atoms with van der Waals surface area (Å²) in [7, 11) is 0. The van der Waals surface area contributed by atoms with Crippen LogP contribution in [0.3, 0.4) is 0 Å². The molecule has 2 aromatic rings. The minimum absolute atomic E-state index is 0.330. The smallest absolute Gasteiger partial charge is 0.115 e. The highest BCUT2D eigenvalue weighted by Crippen LogP contribution is 2.38. The first kappa shape index (κ1) is 17.6. The highest BCUT2D eigenvalue weighted by atomic mass is 16.5. The normalized spacial score (nSPS) is 13.7. The van der Waals surface area contributed by atoms with E-state index >= 15 is 0 Å². The SMILES string of the molecule is CCOCc1ccc([C@H](CC)[C@H](CC)c2ccc(O)cc2)cc1. The number of hydrogen-bond acceptors (Lipinski definition) is 2. The van der Waals surface area contributed by atoms with E-state index in [4.69, 9.17) is 4.74 Å². The van der Waals surface area contributed by atoms with Crippen LogP contribution in [0.5, 0.6) is 5.75 Å². The van der Waals surface area contributed by atoms with Gasteiger partial charge < -0.3 is 9.84 Å². The Morgan fingerprint density at radius 1 is 0.783 bits per heavy atom. The summed E-state index contributed by atoms with van der Waals surface area (Å²) < 4.78 is 5.47. The molecule has 124 valence electrons. The Morgan fingerprint density at radius 3 is 1.70 bits per heavy atom. The third kappa shape index (κ3) is 4.59. The average Bonchev–Trinajstić information content (AvgIpc) is 2.59. The molecule has 0 radical (unpaired) electrons. The molecule has 0 fully saturated rings. The lowest BCUT2D eigenvalue weighted by Gasteiger charge is -2.26. The Balaban J connectivity index is 2.20. The average molecular weight is 312 g/mol. The molecule has 0 unspecified atom stereocenters. The molecule has 2 atom stereocenters. The van der Waals surface area contributed by atoms with Crippen molar-refractivity contribution in [3.8, 4) is 5.75 Å². The lowest BCUT2D eigenvalue weighted by atomic mass is 9.78. The minimum atomic E-state index is 0.330. The fourth-order valence-corrected chi connectivity index (χ4v) is 3.31. The number of phenolic OH excluding ortho intramolecular Hbond substituents is 1. The van der Waals surface area contributed by atoms with Gasteiger partial charge in [-0.3, -0.25) is 0 Å². The summed E-state index contributed by atoms with van der Waals surface area (Å²) in [5, 5.41) is 9.51. The van der Waals surface area contributed by atoms with Gasteiger partial charge in [-0.2, -0.15) is 0 Å². The van der Waals surface area contributed by atoms with E-state index in [-0.39, 0.29) is 0 Å². The second-order valence-corrected chi connectivity index (χ2v) is 6.00. The number of rotatable bonds is 8. The van der Waals surface area contributed by atoms with Gasteiger partial charge in [0.05, 0.1) is 6.61 Å². The third-order valence-electron chi connectivity index (χ3n) is 4.57. The summed E-state index contributed by atoms with van der Waals surface area (Å²) in [6, 6.07) is 16.5. The van der Waals surface area contributed by atoms with Gasteiger partial charge in [0.15, 0.2) is 0 Å². The summed E-state index contributed by atoms with van der Waals surface area (Å²) in [5.41, 5.74) is 3.91. The second kappa shape index (κ2) is 8.73. The molecular weight excluding hydrogens is 284 g/mol. The van der Waals surface area contributed by atoms with Gasteiger partial charge in [-0.05, 0) is 60.4 Å². The first-order valence-corrected chi connectivity index (χ1v) is 8.65. The van der Waals surface area contributed by atoms with Crippen molar-refractivity contribution >= 4 is 0 Å². The van der Waals surface area contributed by atoms with Gasteiger partial charge in [-0.15, -0.1) is 0 Å². The van der Waals surface area contributed by atoms with Gasteiger partial charge in [-0.1, -0.05) is 50.2 Å². The summed E-state index contributed by atoms with van der Waals surface area (Å²) in [6.07, 6.45) is 2.19. The molecule has 0 saturated carbocycles. The number of hydrogen-bond donors (Lipinski definition) is 1. The molecule has 0 heterocycles. The molecule has 0 bridgehead atoms. The van der Waals surface area contributed by atoms with Gasteiger partial charge in [0.1, 0.15) is 5.75 Å². The van der Waals surface area contributed by atoms with Crippen molar-refractivity contribution < 1.29 is 9.84 Å². The molecule has 0 aliphatic heterocycles. The van der Waals surface area contributed by atoms with Crippen molar-refractivity contribution in [2.24, 2.45) is 0 Å². The molecule has 2 nitrogen and oxygen atoms in total. The van der Waals surface area contributed by atoms with E-state index in [0.29, 0.717) is 24.2 Å². The molecule has 2 heteroatoms. The first-order chi connectivity index (χ1) is 11.2. The van der Waals surface area contributed by atoms with Gasteiger partial charge in [0.2, 0.25) is 0 Å². The quantitative estimate of drug-likeness (QED) is 0.686. The van der Waals surface area contributed by atoms with Crippen molar-refractivity contribution in [3.63, 3.8) is 0 Å². The van der Waals surface area contributed by atoms with E-state index in [9.17, 15) is 5.11 Å². The van der Waals surface area contributed by atoms with Crippen LogP contribution in [0.4, 0.5) is 0 Å². The van der Waals surface area contributed by atoms with Crippen molar-refractivity contribution in [2.75, 3.05) is 6.61 Å².